The summed E-state index contributed by atoms with van der Waals surface area (Å²) in [6.45, 7) is 3.21. The summed E-state index contributed by atoms with van der Waals surface area (Å²) in [5.41, 5.74) is 0. The highest BCUT2D eigenvalue weighted by Gasteiger charge is 2.14. The lowest BCUT2D eigenvalue weighted by Crippen LogP contribution is -2.41. The molecule has 7 nitrogen and oxygen atoms in total. The van der Waals surface area contributed by atoms with Crippen molar-refractivity contribution in [1.82, 2.24) is 25.0 Å². The molecule has 3 rings (SSSR count). The molecule has 0 saturated heterocycles. The summed E-state index contributed by atoms with van der Waals surface area (Å²) < 4.78 is 8.08. The number of hydrogen-bond acceptors (Lipinski definition) is 4. The van der Waals surface area contributed by atoms with Crippen LogP contribution in [0.25, 0.3) is 0 Å². The first-order valence-corrected chi connectivity index (χ1v) is 10.8. The number of benzene rings is 1. The zero-order valence-corrected chi connectivity index (χ0v) is 20.9. The molecule has 1 aliphatic heterocycles. The van der Waals surface area contributed by atoms with Crippen LogP contribution in [0.5, 0.6) is 5.75 Å². The number of ether oxygens (including phenoxy) is 1. The van der Waals surface area contributed by atoms with Crippen molar-refractivity contribution in [3.63, 3.8) is 0 Å². The van der Waals surface area contributed by atoms with Crippen LogP contribution in [0.3, 0.4) is 0 Å². The molecule has 2 heterocycles. The third kappa shape index (κ3) is 7.30. The largest absolute Gasteiger partial charge is 0.492 e. The van der Waals surface area contributed by atoms with Crippen LogP contribution in [-0.4, -0.2) is 59.4 Å². The Kier molecular flexibility index (Phi) is 10.7. The lowest BCUT2D eigenvalue weighted by molar-refractivity contribution is 0.281. The molecule has 1 aromatic heterocycles. The lowest BCUT2D eigenvalue weighted by atomic mass is 10.2. The summed E-state index contributed by atoms with van der Waals surface area (Å²) in [6, 6.07) is 7.41. The highest BCUT2D eigenvalue weighted by molar-refractivity contribution is 14.0. The lowest BCUT2D eigenvalue weighted by Gasteiger charge is -2.22. The van der Waals surface area contributed by atoms with Crippen LogP contribution in [0.4, 0.5) is 0 Å². The van der Waals surface area contributed by atoms with Gasteiger partial charge in [0.2, 0.25) is 0 Å². The van der Waals surface area contributed by atoms with Crippen LogP contribution in [0.15, 0.2) is 29.3 Å². The molecule has 0 saturated carbocycles. The normalized spacial score (nSPS) is 13.8. The molecule has 0 amide bonds. The summed E-state index contributed by atoms with van der Waals surface area (Å²) in [5.74, 6) is 3.95. The monoisotopic (exact) mass is 546 g/mol. The van der Waals surface area contributed by atoms with Gasteiger partial charge in [0.05, 0.1) is 6.54 Å². The van der Waals surface area contributed by atoms with Gasteiger partial charge in [0.15, 0.2) is 5.96 Å². The molecular formula is C21H32ClIN6O. The van der Waals surface area contributed by atoms with Crippen molar-refractivity contribution in [2.45, 2.75) is 45.1 Å². The molecule has 0 unspecified atom stereocenters. The first-order valence-electron chi connectivity index (χ1n) is 10.4. The molecule has 0 spiro atoms. The van der Waals surface area contributed by atoms with Crippen LogP contribution in [0.2, 0.25) is 5.02 Å². The third-order valence-corrected chi connectivity index (χ3v) is 5.38. The van der Waals surface area contributed by atoms with Gasteiger partial charge in [0, 0.05) is 45.0 Å². The van der Waals surface area contributed by atoms with E-state index < -0.39 is 0 Å². The van der Waals surface area contributed by atoms with Crippen LogP contribution < -0.4 is 10.1 Å². The smallest absolute Gasteiger partial charge is 0.193 e. The Labute approximate surface area is 201 Å². The number of nitrogens with zero attached hydrogens (tertiary/aromatic N) is 5. The van der Waals surface area contributed by atoms with E-state index in [1.807, 2.05) is 31.3 Å². The third-order valence-electron chi connectivity index (χ3n) is 5.13. The maximum Gasteiger partial charge on any atom is 0.193 e. The molecule has 0 fully saturated rings. The van der Waals surface area contributed by atoms with Crippen LogP contribution in [0.1, 0.15) is 37.3 Å². The number of fused-ring (bicyclic) bond motifs is 1. The quantitative estimate of drug-likeness (QED) is 0.236. The van der Waals surface area contributed by atoms with E-state index in [9.17, 15) is 0 Å². The number of likely N-dealkylation sites (N-methyl/N-ethyl adjacent to an activating group) is 1. The Balaban J connectivity index is 0.00000320. The van der Waals surface area contributed by atoms with E-state index in [1.165, 1.54) is 19.3 Å². The molecule has 1 N–H and O–H groups in total. The zero-order chi connectivity index (χ0) is 20.5. The molecular weight excluding hydrogens is 515 g/mol. The van der Waals surface area contributed by atoms with Crippen LogP contribution in [-0.2, 0) is 19.4 Å². The average Bonchev–Trinajstić information content (AvgIpc) is 2.95. The Bertz CT molecular complexity index is 795. The summed E-state index contributed by atoms with van der Waals surface area (Å²) in [6.07, 6.45) is 6.72. The van der Waals surface area contributed by atoms with Crippen LogP contribution in [0, 0.1) is 0 Å². The minimum atomic E-state index is 0. The van der Waals surface area contributed by atoms with Crippen molar-refractivity contribution in [2.24, 2.45) is 4.99 Å². The molecule has 30 heavy (non-hydrogen) atoms. The highest BCUT2D eigenvalue weighted by atomic mass is 127. The van der Waals surface area contributed by atoms with Gasteiger partial charge in [-0.2, -0.15) is 0 Å². The molecule has 0 aliphatic carbocycles. The van der Waals surface area contributed by atoms with Gasteiger partial charge in [-0.1, -0.05) is 18.0 Å². The SMILES string of the molecule is CN=C(NCCCc1nnc2n1CCCCC2)N(C)CCOc1ccc(Cl)cc1.I. The second-order valence-corrected chi connectivity index (χ2v) is 7.73. The number of guanidine groups is 1. The maximum atomic E-state index is 5.90. The molecule has 2 aromatic rings. The van der Waals surface area contributed by atoms with Gasteiger partial charge in [-0.3, -0.25) is 4.99 Å². The fraction of sp³-hybridized carbons (Fsp3) is 0.571. The summed E-state index contributed by atoms with van der Waals surface area (Å²) in [5, 5.41) is 12.9. The predicted octanol–water partition coefficient (Wildman–Crippen LogP) is 3.79. The van der Waals surface area contributed by atoms with Crippen molar-refractivity contribution in [3.8, 4) is 5.75 Å². The van der Waals surface area contributed by atoms with Crippen molar-refractivity contribution < 1.29 is 4.74 Å². The Morgan fingerprint density at radius 2 is 2.03 bits per heavy atom. The summed E-state index contributed by atoms with van der Waals surface area (Å²) >= 11 is 5.90. The van der Waals surface area contributed by atoms with Gasteiger partial charge in [0.25, 0.3) is 0 Å². The second-order valence-electron chi connectivity index (χ2n) is 7.30. The molecule has 166 valence electrons. The highest BCUT2D eigenvalue weighted by Crippen LogP contribution is 2.16. The zero-order valence-electron chi connectivity index (χ0n) is 17.8. The molecule has 0 bridgehead atoms. The van der Waals surface area contributed by atoms with E-state index in [2.05, 4.69) is 30.0 Å². The first-order chi connectivity index (χ1) is 14.2. The molecule has 1 aliphatic rings. The number of aromatic nitrogens is 3. The number of aryl methyl sites for hydroxylation is 2. The number of rotatable bonds is 8. The fourth-order valence-electron chi connectivity index (χ4n) is 3.50. The summed E-state index contributed by atoms with van der Waals surface area (Å²) in [4.78, 5) is 6.44. The molecule has 1 aromatic carbocycles. The van der Waals surface area contributed by atoms with Crippen molar-refractivity contribution in [2.75, 3.05) is 33.8 Å². The Morgan fingerprint density at radius 1 is 1.23 bits per heavy atom. The van der Waals surface area contributed by atoms with Gasteiger partial charge >= 0.3 is 0 Å². The van der Waals surface area contributed by atoms with E-state index in [0.29, 0.717) is 11.6 Å². The van der Waals surface area contributed by atoms with E-state index in [1.54, 1.807) is 7.05 Å². The van der Waals surface area contributed by atoms with Crippen molar-refractivity contribution >= 4 is 41.5 Å². The topological polar surface area (TPSA) is 67.6 Å². The Morgan fingerprint density at radius 3 is 2.80 bits per heavy atom. The number of hydrogen-bond donors (Lipinski definition) is 1. The number of halogens is 2. The van der Waals surface area contributed by atoms with Gasteiger partial charge in [0.1, 0.15) is 24.0 Å². The van der Waals surface area contributed by atoms with Gasteiger partial charge in [-0.15, -0.1) is 34.2 Å². The van der Waals surface area contributed by atoms with E-state index >= 15 is 0 Å². The fourth-order valence-corrected chi connectivity index (χ4v) is 3.62. The minimum absolute atomic E-state index is 0. The minimum Gasteiger partial charge on any atom is -0.492 e. The second kappa shape index (κ2) is 13.0. The molecule has 0 radical (unpaired) electrons. The first kappa shape index (κ1) is 24.7. The predicted molar refractivity (Wildman–Crippen MR) is 132 cm³/mol. The van der Waals surface area contributed by atoms with Gasteiger partial charge < -0.3 is 19.5 Å². The molecule has 9 heteroatoms. The molecule has 0 atom stereocenters. The number of nitrogens with one attached hydrogen (secondary N) is 1. The number of aliphatic imine (C=N–C) groups is 1. The van der Waals surface area contributed by atoms with Crippen molar-refractivity contribution in [3.05, 3.63) is 40.9 Å². The van der Waals surface area contributed by atoms with Crippen LogP contribution >= 0.6 is 35.6 Å². The standard InChI is InChI=1S/C21H31ClN6O.HI/c1-23-21(27(2)15-16-29-18-11-9-17(22)10-12-18)24-13-6-8-20-26-25-19-7-4-3-5-14-28(19)20;/h9-12H,3-8,13-16H2,1-2H3,(H,23,24);1H. The Hall–Kier alpha value is -1.55. The summed E-state index contributed by atoms with van der Waals surface area (Å²) in [7, 11) is 3.82. The average molecular weight is 547 g/mol. The van der Waals surface area contributed by atoms with Gasteiger partial charge in [-0.05, 0) is 43.5 Å². The van der Waals surface area contributed by atoms with Gasteiger partial charge in [-0.25, -0.2) is 0 Å². The van der Waals surface area contributed by atoms with E-state index in [-0.39, 0.29) is 24.0 Å². The maximum absolute atomic E-state index is 5.90. The van der Waals surface area contributed by atoms with E-state index in [4.69, 9.17) is 16.3 Å². The van der Waals surface area contributed by atoms with E-state index in [0.717, 1.165) is 62.3 Å². The van der Waals surface area contributed by atoms with Crippen molar-refractivity contribution in [1.29, 1.82) is 0 Å².